The summed E-state index contributed by atoms with van der Waals surface area (Å²) in [6, 6.07) is 14.2. The Hall–Kier alpha value is -2.86. The van der Waals surface area contributed by atoms with Gasteiger partial charge in [0.05, 0.1) is 28.7 Å². The van der Waals surface area contributed by atoms with Gasteiger partial charge >= 0.3 is 0 Å². The first-order valence-electron chi connectivity index (χ1n) is 7.60. The first-order valence-corrected chi connectivity index (χ1v) is 8.48. The van der Waals surface area contributed by atoms with E-state index in [9.17, 15) is 0 Å². The topological polar surface area (TPSA) is 62.0 Å². The Morgan fingerprint density at radius 3 is 2.83 bits per heavy atom. The van der Waals surface area contributed by atoms with Crippen molar-refractivity contribution in [2.24, 2.45) is 0 Å². The molecule has 2 aromatic carbocycles. The van der Waals surface area contributed by atoms with Crippen LogP contribution in [-0.2, 0) is 0 Å². The summed E-state index contributed by atoms with van der Waals surface area (Å²) >= 11 is 1.70. The number of aromatic amines is 1. The number of benzene rings is 2. The molecule has 2 aliphatic rings. The fourth-order valence-corrected chi connectivity index (χ4v) is 4.02. The lowest BCUT2D eigenvalue weighted by Crippen LogP contribution is -2.34. The van der Waals surface area contributed by atoms with Gasteiger partial charge in [0.25, 0.3) is 0 Å². The van der Waals surface area contributed by atoms with Crippen LogP contribution in [0.25, 0.3) is 27.8 Å². The van der Waals surface area contributed by atoms with Crippen LogP contribution in [0.4, 0.5) is 0 Å². The molecule has 3 aromatic rings. The molecule has 3 heterocycles. The number of hydrogen-bond acceptors (Lipinski definition) is 5. The van der Waals surface area contributed by atoms with Crippen molar-refractivity contribution in [2.75, 3.05) is 7.11 Å². The van der Waals surface area contributed by atoms with Crippen molar-refractivity contribution < 1.29 is 4.74 Å². The molecule has 0 radical (unpaired) electrons. The predicted octanol–water partition coefficient (Wildman–Crippen LogP) is 1.64. The van der Waals surface area contributed by atoms with Crippen molar-refractivity contribution in [3.05, 3.63) is 63.6 Å². The lowest BCUT2D eigenvalue weighted by molar-refractivity contribution is 0.415. The molecule has 6 heteroatoms. The fraction of sp³-hybridized carbons (Fsp3) is 0.0556. The highest BCUT2D eigenvalue weighted by Gasteiger charge is 2.25. The Morgan fingerprint density at radius 2 is 1.92 bits per heavy atom. The van der Waals surface area contributed by atoms with Gasteiger partial charge in [-0.1, -0.05) is 36.0 Å². The molecule has 0 unspecified atom stereocenters. The fourth-order valence-electron chi connectivity index (χ4n) is 3.02. The highest BCUT2D eigenvalue weighted by molar-refractivity contribution is 8.10. The predicted molar refractivity (Wildman–Crippen MR) is 97.0 cm³/mol. The van der Waals surface area contributed by atoms with E-state index < -0.39 is 0 Å². The Morgan fingerprint density at radius 1 is 1.04 bits per heavy atom. The molecule has 0 atom stereocenters. The minimum atomic E-state index is 0.814. The number of H-pyrrole nitrogens is 1. The zero-order valence-corrected chi connectivity index (χ0v) is 13.7. The number of aromatic nitrogens is 2. The molecule has 5 nitrogen and oxygen atoms in total. The minimum Gasteiger partial charge on any atom is -0.497 e. The number of hydrazine groups is 1. The van der Waals surface area contributed by atoms with Crippen molar-refractivity contribution in [2.45, 2.75) is 0 Å². The highest BCUT2D eigenvalue weighted by Crippen LogP contribution is 2.35. The molecule has 1 aromatic heterocycles. The van der Waals surface area contributed by atoms with Gasteiger partial charge in [0.15, 0.2) is 5.82 Å². The average molecular weight is 334 g/mol. The second-order valence-corrected chi connectivity index (χ2v) is 6.50. The number of ether oxygens (including phenoxy) is 1. The van der Waals surface area contributed by atoms with Gasteiger partial charge < -0.3 is 9.72 Å². The van der Waals surface area contributed by atoms with Crippen LogP contribution in [0.1, 0.15) is 5.82 Å². The van der Waals surface area contributed by atoms with Gasteiger partial charge in [-0.2, -0.15) is 0 Å². The molecule has 2 aliphatic heterocycles. The van der Waals surface area contributed by atoms with Crippen molar-refractivity contribution >= 4 is 39.6 Å². The Bertz CT molecular complexity index is 1130. The average Bonchev–Trinajstić information content (AvgIpc) is 3.24. The van der Waals surface area contributed by atoms with Gasteiger partial charge in [0, 0.05) is 11.3 Å². The lowest BCUT2D eigenvalue weighted by atomic mass is 10.2. The molecule has 0 aliphatic carbocycles. The van der Waals surface area contributed by atoms with Gasteiger partial charge in [-0.15, -0.1) is 0 Å². The number of fused-ring (bicyclic) bond motifs is 3. The summed E-state index contributed by atoms with van der Waals surface area (Å²) in [6.45, 7) is 0. The summed E-state index contributed by atoms with van der Waals surface area (Å²) in [5.41, 5.74) is 10.5. The van der Waals surface area contributed by atoms with Gasteiger partial charge in [0.1, 0.15) is 11.4 Å². The highest BCUT2D eigenvalue weighted by atomic mass is 32.2. The lowest BCUT2D eigenvalue weighted by Gasteiger charge is -2.07. The smallest absolute Gasteiger partial charge is 0.157 e. The molecular formula is C18H14N4OS. The summed E-state index contributed by atoms with van der Waals surface area (Å²) in [5, 5.41) is 4.60. The molecule has 0 amide bonds. The normalized spacial score (nSPS) is 15.5. The van der Waals surface area contributed by atoms with Crippen molar-refractivity contribution in [1.82, 2.24) is 20.8 Å². The van der Waals surface area contributed by atoms with Crippen LogP contribution in [-0.4, -0.2) is 17.1 Å². The SMILES string of the molecule is COc1ccc2nc(C3=C4SC=c5ccccc5=C4NN3)[nH]c2c1. The number of methoxy groups -OCH3 is 1. The van der Waals surface area contributed by atoms with Crippen molar-refractivity contribution in [3.63, 3.8) is 0 Å². The Kier molecular flexibility index (Phi) is 2.87. The molecule has 118 valence electrons. The third kappa shape index (κ3) is 1.93. The zero-order chi connectivity index (χ0) is 16.1. The maximum Gasteiger partial charge on any atom is 0.157 e. The molecule has 0 fully saturated rings. The maximum absolute atomic E-state index is 5.28. The summed E-state index contributed by atoms with van der Waals surface area (Å²) < 4.78 is 5.28. The van der Waals surface area contributed by atoms with Crippen LogP contribution in [0.3, 0.4) is 0 Å². The van der Waals surface area contributed by atoms with Crippen LogP contribution in [0.5, 0.6) is 5.75 Å². The molecule has 0 saturated heterocycles. The van der Waals surface area contributed by atoms with Gasteiger partial charge in [-0.3, -0.25) is 10.9 Å². The number of thioether (sulfide) groups is 1. The monoisotopic (exact) mass is 334 g/mol. The van der Waals surface area contributed by atoms with E-state index in [1.54, 1.807) is 18.9 Å². The third-order valence-electron chi connectivity index (χ3n) is 4.23. The first-order chi connectivity index (χ1) is 11.8. The molecule has 0 bridgehead atoms. The molecule has 5 rings (SSSR count). The summed E-state index contributed by atoms with van der Waals surface area (Å²) in [5.74, 6) is 1.63. The van der Waals surface area contributed by atoms with E-state index in [1.165, 1.54) is 10.4 Å². The van der Waals surface area contributed by atoms with E-state index >= 15 is 0 Å². The Balaban J connectivity index is 1.69. The summed E-state index contributed by atoms with van der Waals surface area (Å²) in [7, 11) is 1.67. The van der Waals surface area contributed by atoms with Crippen molar-refractivity contribution in [3.8, 4) is 5.75 Å². The quantitative estimate of drug-likeness (QED) is 0.665. The van der Waals surface area contributed by atoms with Gasteiger partial charge in [0.2, 0.25) is 0 Å². The van der Waals surface area contributed by atoms with E-state index in [0.29, 0.717) is 0 Å². The summed E-state index contributed by atoms with van der Waals surface area (Å²) in [6.07, 6.45) is 0. The van der Waals surface area contributed by atoms with E-state index in [2.05, 4.69) is 45.5 Å². The number of nitrogens with zero attached hydrogens (tertiary/aromatic N) is 1. The zero-order valence-electron chi connectivity index (χ0n) is 12.9. The molecule has 0 spiro atoms. The standard InChI is InChI=1S/C18H14N4OS/c1-23-11-6-7-13-14(8-11)20-18(19-13)16-17-15(21-22-16)12-5-3-2-4-10(12)9-24-17/h2-9,21-22H,1H3,(H,19,20). The van der Waals surface area contributed by atoms with Crippen LogP contribution < -0.4 is 26.0 Å². The molecular weight excluding hydrogens is 320 g/mol. The second-order valence-electron chi connectivity index (χ2n) is 5.62. The van der Waals surface area contributed by atoms with E-state index in [1.807, 2.05) is 18.2 Å². The Labute approximate surface area is 142 Å². The van der Waals surface area contributed by atoms with E-state index in [-0.39, 0.29) is 0 Å². The van der Waals surface area contributed by atoms with Crippen molar-refractivity contribution in [1.29, 1.82) is 0 Å². The van der Waals surface area contributed by atoms with Crippen LogP contribution in [0.2, 0.25) is 0 Å². The molecule has 3 N–H and O–H groups in total. The number of nitrogens with one attached hydrogen (secondary N) is 3. The number of rotatable bonds is 2. The molecule has 0 saturated carbocycles. The minimum absolute atomic E-state index is 0.814. The first kappa shape index (κ1) is 13.6. The van der Waals surface area contributed by atoms with Crippen LogP contribution in [0.15, 0.2) is 47.4 Å². The second kappa shape index (κ2) is 5.07. The largest absolute Gasteiger partial charge is 0.497 e. The number of imidazole rings is 1. The van der Waals surface area contributed by atoms with Gasteiger partial charge in [-0.25, -0.2) is 4.98 Å². The molecule has 24 heavy (non-hydrogen) atoms. The van der Waals surface area contributed by atoms with Gasteiger partial charge in [-0.05, 0) is 22.8 Å². The summed E-state index contributed by atoms with van der Waals surface area (Å²) in [4.78, 5) is 9.23. The van der Waals surface area contributed by atoms with E-state index in [4.69, 9.17) is 9.72 Å². The number of hydrogen-bond donors (Lipinski definition) is 3. The van der Waals surface area contributed by atoms with Crippen LogP contribution >= 0.6 is 11.8 Å². The third-order valence-corrected chi connectivity index (χ3v) is 5.24. The van der Waals surface area contributed by atoms with Crippen LogP contribution in [0, 0.1) is 0 Å². The maximum atomic E-state index is 5.28. The van der Waals surface area contributed by atoms with E-state index in [0.717, 1.165) is 38.9 Å².